The fourth-order valence-electron chi connectivity index (χ4n) is 2.70. The summed E-state index contributed by atoms with van der Waals surface area (Å²) in [6.45, 7) is 0.225. The maximum atomic E-state index is 12.5. The molecular formula is C20H15ClN2O2S. The number of aromatic nitrogens is 1. The molecule has 0 saturated carbocycles. The van der Waals surface area contributed by atoms with Crippen molar-refractivity contribution < 1.29 is 9.53 Å². The van der Waals surface area contributed by atoms with Crippen LogP contribution in [0, 0.1) is 0 Å². The van der Waals surface area contributed by atoms with E-state index in [-0.39, 0.29) is 12.5 Å². The number of carbonyl (C=O) groups is 1. The molecule has 1 aromatic heterocycles. The average molecular weight is 383 g/mol. The van der Waals surface area contributed by atoms with Gasteiger partial charge in [-0.05, 0) is 29.8 Å². The second-order valence-electron chi connectivity index (χ2n) is 5.89. The molecule has 0 spiro atoms. The molecule has 0 bridgehead atoms. The summed E-state index contributed by atoms with van der Waals surface area (Å²) >= 11 is 7.49. The van der Waals surface area contributed by atoms with E-state index in [1.807, 2.05) is 18.2 Å². The molecule has 130 valence electrons. The number of carbonyl (C=O) groups excluding carboxylic acids is 1. The standard InChI is InChI=1S/C20H15ClN2O2S/c21-16-6-7-18-14(10-16)9-15(12-25-18)19(24)23-20-22-11-17(26-20)8-13-4-2-1-3-5-13/h1-7,9-11H,8,12H2,(H,22,23,24). The lowest BCUT2D eigenvalue weighted by Crippen LogP contribution is -2.21. The van der Waals surface area contributed by atoms with Gasteiger partial charge >= 0.3 is 0 Å². The van der Waals surface area contributed by atoms with Crippen LogP contribution in [-0.2, 0) is 11.2 Å². The zero-order valence-corrected chi connectivity index (χ0v) is 15.3. The van der Waals surface area contributed by atoms with Crippen LogP contribution in [0.25, 0.3) is 6.08 Å². The smallest absolute Gasteiger partial charge is 0.256 e. The Hall–Kier alpha value is -2.63. The van der Waals surface area contributed by atoms with Crippen LogP contribution in [0.15, 0.2) is 60.3 Å². The molecule has 1 amide bonds. The third-order valence-corrected chi connectivity index (χ3v) is 5.12. The van der Waals surface area contributed by atoms with Crippen LogP contribution in [0.4, 0.5) is 5.13 Å². The van der Waals surface area contributed by atoms with Crippen LogP contribution >= 0.6 is 22.9 Å². The van der Waals surface area contributed by atoms with Gasteiger partial charge in [-0.15, -0.1) is 11.3 Å². The van der Waals surface area contributed by atoms with Gasteiger partial charge < -0.3 is 4.74 Å². The van der Waals surface area contributed by atoms with E-state index in [4.69, 9.17) is 16.3 Å². The predicted molar refractivity (Wildman–Crippen MR) is 105 cm³/mol. The molecule has 2 aromatic carbocycles. The number of anilines is 1. The van der Waals surface area contributed by atoms with Crippen LogP contribution < -0.4 is 10.1 Å². The number of hydrogen-bond donors (Lipinski definition) is 1. The van der Waals surface area contributed by atoms with Crippen LogP contribution in [-0.4, -0.2) is 17.5 Å². The normalized spacial score (nSPS) is 12.7. The summed E-state index contributed by atoms with van der Waals surface area (Å²) in [5.41, 5.74) is 2.56. The Morgan fingerprint density at radius 3 is 2.92 bits per heavy atom. The summed E-state index contributed by atoms with van der Waals surface area (Å²) in [6.07, 6.45) is 4.40. The van der Waals surface area contributed by atoms with Gasteiger partial charge in [0.2, 0.25) is 0 Å². The average Bonchev–Trinajstić information content (AvgIpc) is 3.08. The maximum Gasteiger partial charge on any atom is 0.256 e. The zero-order valence-electron chi connectivity index (χ0n) is 13.7. The SMILES string of the molecule is O=C(Nc1ncc(Cc2ccccc2)s1)C1=Cc2cc(Cl)ccc2OC1. The van der Waals surface area contributed by atoms with Gasteiger partial charge in [0.15, 0.2) is 5.13 Å². The highest BCUT2D eigenvalue weighted by Crippen LogP contribution is 2.29. The molecule has 0 saturated heterocycles. The van der Waals surface area contributed by atoms with Crippen molar-refractivity contribution >= 4 is 40.1 Å². The molecular weight excluding hydrogens is 368 g/mol. The second-order valence-corrected chi connectivity index (χ2v) is 7.44. The molecule has 2 heterocycles. The van der Waals surface area contributed by atoms with E-state index in [0.717, 1.165) is 22.6 Å². The molecule has 0 radical (unpaired) electrons. The number of thiazole rings is 1. The molecule has 6 heteroatoms. The van der Waals surface area contributed by atoms with E-state index in [0.29, 0.717) is 15.7 Å². The van der Waals surface area contributed by atoms with Crippen LogP contribution in [0.3, 0.4) is 0 Å². The van der Waals surface area contributed by atoms with Crippen LogP contribution in [0.5, 0.6) is 5.75 Å². The summed E-state index contributed by atoms with van der Waals surface area (Å²) in [4.78, 5) is 17.9. The quantitative estimate of drug-likeness (QED) is 0.705. The highest BCUT2D eigenvalue weighted by atomic mass is 35.5. The summed E-state index contributed by atoms with van der Waals surface area (Å²) in [5.74, 6) is 0.515. The van der Waals surface area contributed by atoms with Crippen LogP contribution in [0.1, 0.15) is 16.0 Å². The number of benzene rings is 2. The van der Waals surface area contributed by atoms with E-state index < -0.39 is 0 Å². The fraction of sp³-hybridized carbons (Fsp3) is 0.100. The summed E-state index contributed by atoms with van der Waals surface area (Å²) in [5, 5.41) is 4.04. The minimum atomic E-state index is -0.212. The highest BCUT2D eigenvalue weighted by Gasteiger charge is 2.18. The van der Waals surface area contributed by atoms with Gasteiger partial charge in [-0.2, -0.15) is 0 Å². The number of nitrogens with zero attached hydrogens (tertiary/aromatic N) is 1. The molecule has 0 atom stereocenters. The number of ether oxygens (including phenoxy) is 1. The minimum absolute atomic E-state index is 0.212. The highest BCUT2D eigenvalue weighted by molar-refractivity contribution is 7.15. The molecule has 4 nitrogen and oxygen atoms in total. The second kappa shape index (κ2) is 7.32. The van der Waals surface area contributed by atoms with E-state index >= 15 is 0 Å². The maximum absolute atomic E-state index is 12.5. The van der Waals surface area contributed by atoms with Crippen LogP contribution in [0.2, 0.25) is 5.02 Å². The van der Waals surface area contributed by atoms with Gasteiger partial charge in [-0.1, -0.05) is 41.9 Å². The third kappa shape index (κ3) is 3.79. The number of halogens is 1. The van der Waals surface area contributed by atoms with Gasteiger partial charge in [0.25, 0.3) is 5.91 Å². The Morgan fingerprint density at radius 1 is 1.23 bits per heavy atom. The first-order valence-electron chi connectivity index (χ1n) is 8.10. The third-order valence-electron chi connectivity index (χ3n) is 3.97. The van der Waals surface area contributed by atoms with Crippen molar-refractivity contribution in [3.05, 3.63) is 81.3 Å². The number of rotatable bonds is 4. The predicted octanol–water partition coefficient (Wildman–Crippen LogP) is 4.80. The van der Waals surface area contributed by atoms with Gasteiger partial charge in [-0.3, -0.25) is 10.1 Å². The van der Waals surface area contributed by atoms with Crippen molar-refractivity contribution in [2.24, 2.45) is 0 Å². The molecule has 26 heavy (non-hydrogen) atoms. The number of nitrogens with one attached hydrogen (secondary N) is 1. The number of fused-ring (bicyclic) bond motifs is 1. The Balaban J connectivity index is 1.45. The van der Waals surface area contributed by atoms with Gasteiger partial charge in [-0.25, -0.2) is 4.98 Å². The minimum Gasteiger partial charge on any atom is -0.488 e. The lowest BCUT2D eigenvalue weighted by molar-refractivity contribution is -0.113. The van der Waals surface area contributed by atoms with Gasteiger partial charge in [0.05, 0.1) is 5.57 Å². The molecule has 0 unspecified atom stereocenters. The van der Waals surface area contributed by atoms with E-state index in [1.165, 1.54) is 16.9 Å². The topological polar surface area (TPSA) is 51.2 Å². The fourth-order valence-corrected chi connectivity index (χ4v) is 3.72. The van der Waals surface area contributed by atoms with Crippen molar-refractivity contribution in [3.63, 3.8) is 0 Å². The van der Waals surface area contributed by atoms with Gasteiger partial charge in [0.1, 0.15) is 12.4 Å². The molecule has 4 rings (SSSR count). The van der Waals surface area contributed by atoms with Crippen molar-refractivity contribution in [1.82, 2.24) is 4.98 Å². The van der Waals surface area contributed by atoms with Gasteiger partial charge in [0, 0.05) is 28.1 Å². The largest absolute Gasteiger partial charge is 0.488 e. The first-order valence-corrected chi connectivity index (χ1v) is 9.30. The Kier molecular flexibility index (Phi) is 4.73. The number of amides is 1. The van der Waals surface area contributed by atoms with E-state index in [2.05, 4.69) is 22.4 Å². The summed E-state index contributed by atoms with van der Waals surface area (Å²) in [7, 11) is 0. The van der Waals surface area contributed by atoms with E-state index in [1.54, 1.807) is 30.5 Å². The van der Waals surface area contributed by atoms with E-state index in [9.17, 15) is 4.79 Å². The monoisotopic (exact) mass is 382 g/mol. The first kappa shape index (κ1) is 16.8. The molecule has 3 aromatic rings. The van der Waals surface area contributed by atoms with Crippen molar-refractivity contribution in [2.75, 3.05) is 11.9 Å². The lowest BCUT2D eigenvalue weighted by Gasteiger charge is -2.17. The zero-order chi connectivity index (χ0) is 17.9. The Bertz CT molecular complexity index is 982. The number of hydrogen-bond acceptors (Lipinski definition) is 4. The molecule has 0 fully saturated rings. The molecule has 1 aliphatic heterocycles. The Morgan fingerprint density at radius 2 is 2.08 bits per heavy atom. The Labute approximate surface area is 160 Å². The molecule has 0 aliphatic carbocycles. The summed E-state index contributed by atoms with van der Waals surface area (Å²) in [6, 6.07) is 15.5. The summed E-state index contributed by atoms with van der Waals surface area (Å²) < 4.78 is 5.63. The van der Waals surface area contributed by atoms with Crippen molar-refractivity contribution in [2.45, 2.75) is 6.42 Å². The molecule has 1 aliphatic rings. The lowest BCUT2D eigenvalue weighted by atomic mass is 10.1. The van der Waals surface area contributed by atoms with Crippen molar-refractivity contribution in [1.29, 1.82) is 0 Å². The molecule has 1 N–H and O–H groups in total. The van der Waals surface area contributed by atoms with Crippen molar-refractivity contribution in [3.8, 4) is 5.75 Å². The first-order chi connectivity index (χ1) is 12.7.